The SMILES string of the molecule is Cc1cccc(-c2nn(-c3ccccc3)cc2/C=N\NC(=O)CNC(=O)c2cccc(Br)c2)c1. The molecular weight excluding hydrogens is 494 g/mol. The number of nitrogens with zero attached hydrogens (tertiary/aromatic N) is 3. The van der Waals surface area contributed by atoms with E-state index >= 15 is 0 Å². The first-order valence-corrected chi connectivity index (χ1v) is 11.4. The molecular formula is C26H22BrN5O2. The van der Waals surface area contributed by atoms with Crippen molar-refractivity contribution in [2.75, 3.05) is 6.54 Å². The summed E-state index contributed by atoms with van der Waals surface area (Å²) in [6.07, 6.45) is 3.41. The van der Waals surface area contributed by atoms with Crippen molar-refractivity contribution in [1.29, 1.82) is 0 Å². The topological polar surface area (TPSA) is 88.4 Å². The molecule has 7 nitrogen and oxygen atoms in total. The van der Waals surface area contributed by atoms with E-state index in [1.165, 1.54) is 0 Å². The van der Waals surface area contributed by atoms with Gasteiger partial charge in [0.2, 0.25) is 0 Å². The third kappa shape index (κ3) is 5.85. The highest BCUT2D eigenvalue weighted by Gasteiger charge is 2.12. The Morgan fingerprint density at radius 2 is 1.82 bits per heavy atom. The number of benzene rings is 3. The summed E-state index contributed by atoms with van der Waals surface area (Å²) in [5.74, 6) is -0.779. The number of amides is 2. The van der Waals surface area contributed by atoms with E-state index in [0.717, 1.165) is 32.5 Å². The van der Waals surface area contributed by atoms with Gasteiger partial charge < -0.3 is 5.32 Å². The van der Waals surface area contributed by atoms with Gasteiger partial charge in [0.1, 0.15) is 5.69 Å². The first-order valence-electron chi connectivity index (χ1n) is 10.6. The van der Waals surface area contributed by atoms with Crippen molar-refractivity contribution >= 4 is 34.0 Å². The van der Waals surface area contributed by atoms with Gasteiger partial charge in [-0.25, -0.2) is 10.1 Å². The second-order valence-electron chi connectivity index (χ2n) is 7.57. The molecule has 1 aromatic heterocycles. The molecule has 0 aliphatic heterocycles. The van der Waals surface area contributed by atoms with Gasteiger partial charge in [0.05, 0.1) is 18.4 Å². The predicted octanol–water partition coefficient (Wildman–Crippen LogP) is 4.49. The standard InChI is InChI=1S/C26H22BrN5O2/c1-18-7-5-8-19(13-18)25-21(17-32(31-25)23-11-3-2-4-12-23)15-29-30-24(33)16-28-26(34)20-9-6-10-22(27)14-20/h2-15,17H,16H2,1H3,(H,28,34)(H,30,33)/b29-15-. The quantitative estimate of drug-likeness (QED) is 0.280. The first-order chi connectivity index (χ1) is 16.5. The number of nitrogens with one attached hydrogen (secondary N) is 2. The van der Waals surface area contributed by atoms with E-state index in [-0.39, 0.29) is 12.5 Å². The molecule has 0 unspecified atom stereocenters. The van der Waals surface area contributed by atoms with E-state index in [1.807, 2.05) is 73.8 Å². The Morgan fingerprint density at radius 1 is 1.03 bits per heavy atom. The summed E-state index contributed by atoms with van der Waals surface area (Å²) >= 11 is 3.32. The van der Waals surface area contributed by atoms with Gasteiger partial charge in [-0.15, -0.1) is 0 Å². The monoisotopic (exact) mass is 515 g/mol. The summed E-state index contributed by atoms with van der Waals surface area (Å²) in [4.78, 5) is 24.4. The van der Waals surface area contributed by atoms with Crippen LogP contribution in [0.2, 0.25) is 0 Å². The molecule has 3 aromatic carbocycles. The molecule has 4 aromatic rings. The molecule has 0 saturated heterocycles. The van der Waals surface area contributed by atoms with Crippen LogP contribution in [0, 0.1) is 6.92 Å². The maximum Gasteiger partial charge on any atom is 0.259 e. The number of rotatable bonds is 7. The third-order valence-electron chi connectivity index (χ3n) is 4.94. The lowest BCUT2D eigenvalue weighted by Crippen LogP contribution is -2.34. The molecule has 0 bridgehead atoms. The van der Waals surface area contributed by atoms with Crippen molar-refractivity contribution in [1.82, 2.24) is 20.5 Å². The van der Waals surface area contributed by atoms with Gasteiger partial charge >= 0.3 is 0 Å². The smallest absolute Gasteiger partial charge is 0.259 e. The molecule has 34 heavy (non-hydrogen) atoms. The third-order valence-corrected chi connectivity index (χ3v) is 5.44. The fraction of sp³-hybridized carbons (Fsp3) is 0.0769. The molecule has 1 heterocycles. The zero-order chi connectivity index (χ0) is 23.9. The molecule has 0 saturated carbocycles. The zero-order valence-corrected chi connectivity index (χ0v) is 20.0. The van der Waals surface area contributed by atoms with Crippen LogP contribution in [0.15, 0.2) is 94.6 Å². The molecule has 0 atom stereocenters. The summed E-state index contributed by atoms with van der Waals surface area (Å²) in [6, 6.07) is 24.7. The largest absolute Gasteiger partial charge is 0.343 e. The van der Waals surface area contributed by atoms with Crippen molar-refractivity contribution < 1.29 is 9.59 Å². The molecule has 0 spiro atoms. The van der Waals surface area contributed by atoms with Crippen molar-refractivity contribution in [3.63, 3.8) is 0 Å². The number of aryl methyl sites for hydroxylation is 1. The molecule has 170 valence electrons. The van der Waals surface area contributed by atoms with E-state index in [0.29, 0.717) is 5.56 Å². The fourth-order valence-corrected chi connectivity index (χ4v) is 3.72. The van der Waals surface area contributed by atoms with Gasteiger partial charge in [0, 0.05) is 27.4 Å². The second kappa shape index (κ2) is 10.7. The van der Waals surface area contributed by atoms with Gasteiger partial charge in [-0.2, -0.15) is 10.2 Å². The van der Waals surface area contributed by atoms with Crippen LogP contribution in [-0.2, 0) is 4.79 Å². The molecule has 2 N–H and O–H groups in total. The van der Waals surface area contributed by atoms with E-state index in [9.17, 15) is 9.59 Å². The molecule has 0 aliphatic rings. The normalized spacial score (nSPS) is 10.9. The van der Waals surface area contributed by atoms with E-state index in [2.05, 4.69) is 31.8 Å². The van der Waals surface area contributed by atoms with Crippen molar-refractivity contribution in [2.24, 2.45) is 5.10 Å². The van der Waals surface area contributed by atoms with Crippen molar-refractivity contribution in [3.8, 4) is 16.9 Å². The Bertz CT molecular complexity index is 1350. The lowest BCUT2D eigenvalue weighted by molar-refractivity contribution is -0.120. The van der Waals surface area contributed by atoms with E-state index < -0.39 is 5.91 Å². The summed E-state index contributed by atoms with van der Waals surface area (Å²) in [6.45, 7) is 1.82. The minimum absolute atomic E-state index is 0.198. The van der Waals surface area contributed by atoms with E-state index in [1.54, 1.807) is 29.1 Å². The molecule has 2 amide bonds. The number of carbonyl (C=O) groups excluding carboxylic acids is 2. The molecule has 0 aliphatic carbocycles. The molecule has 0 fully saturated rings. The Morgan fingerprint density at radius 3 is 2.59 bits per heavy atom. The summed E-state index contributed by atoms with van der Waals surface area (Å²) < 4.78 is 2.56. The van der Waals surface area contributed by atoms with Crippen LogP contribution in [0.25, 0.3) is 16.9 Å². The minimum Gasteiger partial charge on any atom is -0.343 e. The Hall–Kier alpha value is -4.04. The number of hydrogen-bond acceptors (Lipinski definition) is 4. The van der Waals surface area contributed by atoms with Crippen molar-refractivity contribution in [3.05, 3.63) is 106 Å². The zero-order valence-electron chi connectivity index (χ0n) is 18.4. The Labute approximate surface area is 205 Å². The molecule has 0 radical (unpaired) electrons. The first kappa shape index (κ1) is 23.1. The van der Waals surface area contributed by atoms with Crippen LogP contribution in [0.3, 0.4) is 0 Å². The van der Waals surface area contributed by atoms with Gasteiger partial charge in [-0.3, -0.25) is 9.59 Å². The molecule has 8 heteroatoms. The number of para-hydroxylation sites is 1. The maximum absolute atomic E-state index is 12.2. The van der Waals surface area contributed by atoms with Crippen LogP contribution in [0.4, 0.5) is 0 Å². The van der Waals surface area contributed by atoms with Gasteiger partial charge in [-0.05, 0) is 43.3 Å². The highest BCUT2D eigenvalue weighted by molar-refractivity contribution is 9.10. The highest BCUT2D eigenvalue weighted by atomic mass is 79.9. The average molecular weight is 516 g/mol. The van der Waals surface area contributed by atoms with Crippen LogP contribution in [-0.4, -0.2) is 34.4 Å². The number of hydrogen-bond donors (Lipinski definition) is 2. The number of halogens is 1. The number of carbonyl (C=O) groups is 2. The van der Waals surface area contributed by atoms with Crippen LogP contribution < -0.4 is 10.7 Å². The average Bonchev–Trinajstić information content (AvgIpc) is 3.27. The van der Waals surface area contributed by atoms with Gasteiger partial charge in [0.15, 0.2) is 0 Å². The van der Waals surface area contributed by atoms with E-state index in [4.69, 9.17) is 5.10 Å². The number of aromatic nitrogens is 2. The summed E-state index contributed by atoms with van der Waals surface area (Å²) in [5, 5.41) is 11.4. The Balaban J connectivity index is 1.46. The summed E-state index contributed by atoms with van der Waals surface area (Å²) in [7, 11) is 0. The fourth-order valence-electron chi connectivity index (χ4n) is 3.32. The van der Waals surface area contributed by atoms with Gasteiger partial charge in [-0.1, -0.05) is 64.0 Å². The maximum atomic E-state index is 12.2. The van der Waals surface area contributed by atoms with Gasteiger partial charge in [0.25, 0.3) is 11.8 Å². The van der Waals surface area contributed by atoms with Crippen LogP contribution >= 0.6 is 15.9 Å². The van der Waals surface area contributed by atoms with Crippen molar-refractivity contribution in [2.45, 2.75) is 6.92 Å². The predicted molar refractivity (Wildman–Crippen MR) is 136 cm³/mol. The lowest BCUT2D eigenvalue weighted by atomic mass is 10.1. The second-order valence-corrected chi connectivity index (χ2v) is 8.48. The number of hydrazone groups is 1. The molecule has 4 rings (SSSR count). The van der Waals surface area contributed by atoms with Crippen LogP contribution in [0.5, 0.6) is 0 Å². The highest BCUT2D eigenvalue weighted by Crippen LogP contribution is 2.23. The minimum atomic E-state index is -0.438. The van der Waals surface area contributed by atoms with Crippen LogP contribution in [0.1, 0.15) is 21.5 Å². The summed E-state index contributed by atoms with van der Waals surface area (Å²) in [5.41, 5.74) is 7.38. The Kier molecular flexibility index (Phi) is 7.29. The lowest BCUT2D eigenvalue weighted by Gasteiger charge is -2.04.